The molecule has 0 unspecified atom stereocenters. The Hall–Kier alpha value is -3.73. The third-order valence-corrected chi connectivity index (χ3v) is 5.49. The fourth-order valence-electron chi connectivity index (χ4n) is 3.89. The second-order valence-electron chi connectivity index (χ2n) is 7.51. The van der Waals surface area contributed by atoms with E-state index in [-0.39, 0.29) is 18.1 Å². The van der Waals surface area contributed by atoms with Crippen LogP contribution in [-0.4, -0.2) is 53.5 Å². The molecule has 1 N–H and O–H groups in total. The summed E-state index contributed by atoms with van der Waals surface area (Å²) in [6.07, 6.45) is 3.53. The van der Waals surface area contributed by atoms with Crippen LogP contribution in [0.5, 0.6) is 0 Å². The minimum Gasteiger partial charge on any atom is -0.383 e. The monoisotopic (exact) mass is 418 g/mol. The molecule has 1 aliphatic rings. The van der Waals surface area contributed by atoms with Crippen molar-refractivity contribution in [1.29, 1.82) is 5.26 Å². The predicted molar refractivity (Wildman–Crippen MR) is 117 cm³/mol. The summed E-state index contributed by atoms with van der Waals surface area (Å²) in [4.78, 5) is 25.3. The van der Waals surface area contributed by atoms with E-state index in [1.165, 1.54) is 18.3 Å². The van der Waals surface area contributed by atoms with E-state index in [1.54, 1.807) is 13.1 Å². The van der Waals surface area contributed by atoms with Crippen LogP contribution in [0.3, 0.4) is 0 Å². The number of rotatable bonds is 5. The SMILES string of the molecule is Cc1cc(F)cc2c(NCCC(=O)N3CCN(c4ccccn4)CC3)c(C#N)cnc12. The standard InChI is InChI=1S/C23H23FN6O/c1-16-12-18(24)13-19-22(16)28-15-17(14-25)23(19)27-7-5-21(31)30-10-8-29(9-11-30)20-4-2-3-6-26-20/h2-4,6,12-13,15H,5,7-11H2,1H3,(H,27,28). The van der Waals surface area contributed by atoms with Crippen molar-refractivity contribution in [3.05, 3.63) is 59.7 Å². The number of hydrogen-bond donors (Lipinski definition) is 1. The van der Waals surface area contributed by atoms with Crippen molar-refractivity contribution in [2.45, 2.75) is 13.3 Å². The van der Waals surface area contributed by atoms with Crippen LogP contribution in [-0.2, 0) is 4.79 Å². The number of nitrogens with one attached hydrogen (secondary N) is 1. The summed E-state index contributed by atoms with van der Waals surface area (Å²) < 4.78 is 14.0. The lowest BCUT2D eigenvalue weighted by molar-refractivity contribution is -0.131. The zero-order valence-corrected chi connectivity index (χ0v) is 17.3. The van der Waals surface area contributed by atoms with Gasteiger partial charge in [-0.05, 0) is 36.8 Å². The molecule has 1 aliphatic heterocycles. The first-order valence-corrected chi connectivity index (χ1v) is 10.2. The van der Waals surface area contributed by atoms with Crippen LogP contribution < -0.4 is 10.2 Å². The molecule has 0 spiro atoms. The molecule has 3 heterocycles. The van der Waals surface area contributed by atoms with Crippen LogP contribution in [0, 0.1) is 24.1 Å². The molecule has 3 aromatic rings. The van der Waals surface area contributed by atoms with Crippen LogP contribution in [0.15, 0.2) is 42.7 Å². The molecule has 1 fully saturated rings. The number of piperazine rings is 1. The zero-order valence-electron chi connectivity index (χ0n) is 17.3. The number of nitrogens with zero attached hydrogens (tertiary/aromatic N) is 5. The van der Waals surface area contributed by atoms with Crippen molar-refractivity contribution in [2.24, 2.45) is 0 Å². The third kappa shape index (κ3) is 4.40. The fourth-order valence-corrected chi connectivity index (χ4v) is 3.89. The summed E-state index contributed by atoms with van der Waals surface area (Å²) >= 11 is 0. The van der Waals surface area contributed by atoms with Gasteiger partial charge in [-0.15, -0.1) is 0 Å². The number of pyridine rings is 2. The van der Waals surface area contributed by atoms with Gasteiger partial charge in [0.1, 0.15) is 17.7 Å². The topological polar surface area (TPSA) is 85.2 Å². The summed E-state index contributed by atoms with van der Waals surface area (Å²) in [5.74, 6) is 0.589. The second-order valence-corrected chi connectivity index (χ2v) is 7.51. The lowest BCUT2D eigenvalue weighted by atomic mass is 10.1. The molecule has 0 bridgehead atoms. The highest BCUT2D eigenvalue weighted by Crippen LogP contribution is 2.28. The van der Waals surface area contributed by atoms with Gasteiger partial charge >= 0.3 is 0 Å². The largest absolute Gasteiger partial charge is 0.383 e. The van der Waals surface area contributed by atoms with Crippen molar-refractivity contribution in [3.63, 3.8) is 0 Å². The van der Waals surface area contributed by atoms with Crippen LogP contribution >= 0.6 is 0 Å². The quantitative estimate of drug-likeness (QED) is 0.685. The molecule has 7 nitrogen and oxygen atoms in total. The third-order valence-electron chi connectivity index (χ3n) is 5.49. The second kappa shape index (κ2) is 8.96. The van der Waals surface area contributed by atoms with Crippen molar-refractivity contribution < 1.29 is 9.18 Å². The van der Waals surface area contributed by atoms with Gasteiger partial charge in [0, 0.05) is 56.9 Å². The van der Waals surface area contributed by atoms with Crippen LogP contribution in [0.25, 0.3) is 10.9 Å². The predicted octanol–water partition coefficient (Wildman–Crippen LogP) is 3.10. The Balaban J connectivity index is 1.38. The lowest BCUT2D eigenvalue weighted by Crippen LogP contribution is -2.49. The van der Waals surface area contributed by atoms with Gasteiger partial charge in [0.25, 0.3) is 0 Å². The number of aryl methyl sites for hydroxylation is 1. The van der Waals surface area contributed by atoms with E-state index in [0.29, 0.717) is 47.4 Å². The minimum absolute atomic E-state index is 0.0485. The molecular weight excluding hydrogens is 395 g/mol. The summed E-state index contributed by atoms with van der Waals surface area (Å²) in [7, 11) is 0. The van der Waals surface area contributed by atoms with Gasteiger partial charge in [0.05, 0.1) is 16.8 Å². The highest BCUT2D eigenvalue weighted by Gasteiger charge is 2.21. The highest BCUT2D eigenvalue weighted by atomic mass is 19.1. The van der Waals surface area contributed by atoms with E-state index in [1.807, 2.05) is 23.1 Å². The van der Waals surface area contributed by atoms with Gasteiger partial charge in [0.15, 0.2) is 0 Å². The molecule has 4 rings (SSSR count). The van der Waals surface area contributed by atoms with E-state index >= 15 is 0 Å². The molecule has 1 saturated heterocycles. The molecule has 8 heteroatoms. The maximum Gasteiger partial charge on any atom is 0.224 e. The normalized spacial score (nSPS) is 13.8. The number of halogens is 1. The number of benzene rings is 1. The number of anilines is 2. The fraction of sp³-hybridized carbons (Fsp3) is 0.304. The van der Waals surface area contributed by atoms with E-state index in [9.17, 15) is 14.4 Å². The average molecular weight is 418 g/mol. The molecule has 158 valence electrons. The molecule has 0 radical (unpaired) electrons. The molecule has 2 aromatic heterocycles. The first-order valence-electron chi connectivity index (χ1n) is 10.2. The summed E-state index contributed by atoms with van der Waals surface area (Å²) in [5, 5.41) is 13.2. The molecule has 1 aromatic carbocycles. The van der Waals surface area contributed by atoms with Gasteiger partial charge in [-0.1, -0.05) is 6.07 Å². The average Bonchev–Trinajstić information content (AvgIpc) is 2.79. The van der Waals surface area contributed by atoms with Crippen molar-refractivity contribution in [1.82, 2.24) is 14.9 Å². The molecule has 1 amide bonds. The maximum atomic E-state index is 14.0. The van der Waals surface area contributed by atoms with Crippen molar-refractivity contribution in [2.75, 3.05) is 42.9 Å². The Labute approximate surface area is 180 Å². The van der Waals surface area contributed by atoms with Gasteiger partial charge in [0.2, 0.25) is 5.91 Å². The first kappa shape index (κ1) is 20.5. The van der Waals surface area contributed by atoms with E-state index in [4.69, 9.17) is 0 Å². The van der Waals surface area contributed by atoms with E-state index < -0.39 is 0 Å². The minimum atomic E-state index is -0.383. The maximum absolute atomic E-state index is 14.0. The van der Waals surface area contributed by atoms with E-state index in [0.717, 1.165) is 18.9 Å². The molecule has 0 aliphatic carbocycles. The Morgan fingerprint density at radius 2 is 2.03 bits per heavy atom. The van der Waals surface area contributed by atoms with Gasteiger partial charge in [-0.3, -0.25) is 9.78 Å². The number of carbonyl (C=O) groups is 1. The van der Waals surface area contributed by atoms with Gasteiger partial charge < -0.3 is 15.1 Å². The number of hydrogen-bond acceptors (Lipinski definition) is 6. The number of amides is 1. The summed E-state index contributed by atoms with van der Waals surface area (Å²) in [6.45, 7) is 4.89. The number of fused-ring (bicyclic) bond motifs is 1. The lowest BCUT2D eigenvalue weighted by Gasteiger charge is -2.35. The van der Waals surface area contributed by atoms with Crippen LogP contribution in [0.1, 0.15) is 17.5 Å². The van der Waals surface area contributed by atoms with E-state index in [2.05, 4.69) is 26.3 Å². The Bertz CT molecular complexity index is 1140. The van der Waals surface area contributed by atoms with Crippen LogP contribution in [0.2, 0.25) is 0 Å². The Morgan fingerprint density at radius 1 is 1.23 bits per heavy atom. The number of aromatic nitrogens is 2. The summed E-state index contributed by atoms with van der Waals surface area (Å²) in [5.41, 5.74) is 2.18. The van der Waals surface area contributed by atoms with Crippen molar-refractivity contribution in [3.8, 4) is 6.07 Å². The molecular formula is C23H23FN6O. The summed E-state index contributed by atoms with van der Waals surface area (Å²) in [6, 6.07) is 10.7. The number of carbonyl (C=O) groups excluding carboxylic acids is 1. The Kier molecular flexibility index (Phi) is 5.94. The molecule has 31 heavy (non-hydrogen) atoms. The molecule has 0 saturated carbocycles. The smallest absolute Gasteiger partial charge is 0.224 e. The Morgan fingerprint density at radius 3 is 2.74 bits per heavy atom. The van der Waals surface area contributed by atoms with Crippen molar-refractivity contribution >= 4 is 28.3 Å². The van der Waals surface area contributed by atoms with Gasteiger partial charge in [-0.25, -0.2) is 9.37 Å². The highest BCUT2D eigenvalue weighted by molar-refractivity contribution is 5.95. The molecule has 0 atom stereocenters. The van der Waals surface area contributed by atoms with Gasteiger partial charge in [-0.2, -0.15) is 5.26 Å². The zero-order chi connectivity index (χ0) is 21.8. The van der Waals surface area contributed by atoms with Crippen LogP contribution in [0.4, 0.5) is 15.9 Å². The first-order chi connectivity index (χ1) is 15.1. The number of nitriles is 1.